The number of amides is 1. The van der Waals surface area contributed by atoms with Crippen LogP contribution in [-0.2, 0) is 14.3 Å². The highest BCUT2D eigenvalue weighted by molar-refractivity contribution is 5.92. The summed E-state index contributed by atoms with van der Waals surface area (Å²) in [7, 11) is 0. The monoisotopic (exact) mass is 487 g/mol. The third-order valence-corrected chi connectivity index (χ3v) is 6.79. The third-order valence-electron chi connectivity index (χ3n) is 6.79. The van der Waals surface area contributed by atoms with Crippen LogP contribution in [0.25, 0.3) is 11.3 Å². The lowest BCUT2D eigenvalue weighted by molar-refractivity contribution is -0.384. The van der Waals surface area contributed by atoms with Crippen molar-refractivity contribution >= 4 is 34.9 Å². The number of esters is 1. The number of nitrogens with one attached hydrogen (secondary N) is 2. The summed E-state index contributed by atoms with van der Waals surface area (Å²) in [5.41, 5.74) is 1.77. The molecule has 0 spiro atoms. The molecule has 2 aliphatic carbocycles. The highest BCUT2D eigenvalue weighted by Gasteiger charge is 2.61. The highest BCUT2D eigenvalue weighted by Crippen LogP contribution is 2.60. The summed E-state index contributed by atoms with van der Waals surface area (Å²) >= 11 is 0. The van der Waals surface area contributed by atoms with Gasteiger partial charge in [0, 0.05) is 17.5 Å². The van der Waals surface area contributed by atoms with E-state index in [2.05, 4.69) is 20.6 Å². The summed E-state index contributed by atoms with van der Waals surface area (Å²) in [5, 5.41) is 17.3. The maximum Gasteiger partial charge on any atom is 0.311 e. The van der Waals surface area contributed by atoms with E-state index >= 15 is 0 Å². The second kappa shape index (κ2) is 9.73. The van der Waals surface area contributed by atoms with E-state index in [0.29, 0.717) is 36.6 Å². The number of rotatable bonds is 8. The molecule has 36 heavy (non-hydrogen) atoms. The van der Waals surface area contributed by atoms with E-state index in [9.17, 15) is 19.7 Å². The van der Waals surface area contributed by atoms with Crippen molar-refractivity contribution in [3.05, 3.63) is 70.9 Å². The number of fused-ring (bicyclic) bond motifs is 1. The Morgan fingerprint density at radius 3 is 2.47 bits per heavy atom. The van der Waals surface area contributed by atoms with Crippen molar-refractivity contribution in [1.29, 1.82) is 0 Å². The smallest absolute Gasteiger partial charge is 0.311 e. The number of carbonyl (C=O) groups excluding carboxylic acids is 2. The van der Waals surface area contributed by atoms with Gasteiger partial charge in [0.15, 0.2) is 0 Å². The first-order chi connectivity index (χ1) is 17.4. The predicted octanol–water partition coefficient (Wildman–Crippen LogP) is 4.57. The van der Waals surface area contributed by atoms with Crippen LogP contribution < -0.4 is 10.6 Å². The van der Waals surface area contributed by atoms with Gasteiger partial charge in [0.25, 0.3) is 0 Å². The van der Waals surface area contributed by atoms with Crippen LogP contribution in [-0.4, -0.2) is 33.4 Å². The molecule has 2 atom stereocenters. The first-order valence-corrected chi connectivity index (χ1v) is 11.9. The van der Waals surface area contributed by atoms with Crippen LogP contribution in [0, 0.1) is 33.8 Å². The number of nitrogens with zero attached hydrogens (tertiary/aromatic N) is 3. The number of hydrogen-bond acceptors (Lipinski definition) is 8. The van der Waals surface area contributed by atoms with Gasteiger partial charge in [-0.2, -0.15) is 0 Å². The molecule has 2 fully saturated rings. The topological polar surface area (TPSA) is 136 Å². The predicted molar refractivity (Wildman–Crippen MR) is 132 cm³/mol. The second-order valence-corrected chi connectivity index (χ2v) is 9.01. The molecular weight excluding hydrogens is 462 g/mol. The Morgan fingerprint density at radius 1 is 1.08 bits per heavy atom. The van der Waals surface area contributed by atoms with Crippen LogP contribution in [0.2, 0.25) is 0 Å². The first-order valence-electron chi connectivity index (χ1n) is 11.9. The molecule has 1 aromatic carbocycles. The summed E-state index contributed by atoms with van der Waals surface area (Å²) in [6.07, 6.45) is 2.83. The van der Waals surface area contributed by atoms with Crippen molar-refractivity contribution in [2.24, 2.45) is 23.7 Å². The van der Waals surface area contributed by atoms with Gasteiger partial charge in [0.05, 0.1) is 35.0 Å². The van der Waals surface area contributed by atoms with E-state index in [-0.39, 0.29) is 47.1 Å². The van der Waals surface area contributed by atoms with Gasteiger partial charge in [0.2, 0.25) is 11.7 Å². The number of carbonyl (C=O) groups is 2. The lowest BCUT2D eigenvalue weighted by Gasteiger charge is -2.14. The SMILES string of the molecule is CCOC(=O)C1C2CC(C(=O)Nc3ccc(Nc4nc(-c5ccccc5)ccc4[N+](=O)[O-])cn3)CC21. The van der Waals surface area contributed by atoms with Crippen LogP contribution in [0.1, 0.15) is 19.8 Å². The maximum atomic E-state index is 12.7. The van der Waals surface area contributed by atoms with Crippen molar-refractivity contribution in [3.63, 3.8) is 0 Å². The Hall–Kier alpha value is -4.34. The molecule has 2 aromatic heterocycles. The molecule has 2 saturated carbocycles. The zero-order valence-electron chi connectivity index (χ0n) is 19.6. The number of anilines is 3. The molecule has 2 heterocycles. The van der Waals surface area contributed by atoms with E-state index in [4.69, 9.17) is 4.74 Å². The molecule has 2 N–H and O–H groups in total. The number of aromatic nitrogens is 2. The highest BCUT2D eigenvalue weighted by atomic mass is 16.6. The number of benzene rings is 1. The van der Waals surface area contributed by atoms with Crippen molar-refractivity contribution < 1.29 is 19.2 Å². The van der Waals surface area contributed by atoms with Crippen molar-refractivity contribution in [3.8, 4) is 11.3 Å². The van der Waals surface area contributed by atoms with Crippen LogP contribution in [0.15, 0.2) is 60.8 Å². The van der Waals surface area contributed by atoms with Gasteiger partial charge in [-0.05, 0) is 49.8 Å². The lowest BCUT2D eigenvalue weighted by Crippen LogP contribution is -2.24. The Balaban J connectivity index is 1.22. The minimum absolute atomic E-state index is 0.0597. The summed E-state index contributed by atoms with van der Waals surface area (Å²) in [5.74, 6) is 0.456. The lowest BCUT2D eigenvalue weighted by atomic mass is 9.99. The first kappa shape index (κ1) is 23.4. The number of ether oxygens (including phenoxy) is 1. The fourth-order valence-electron chi connectivity index (χ4n) is 5.01. The molecular formula is C26H25N5O5. The Kier molecular flexibility index (Phi) is 6.32. The molecule has 5 rings (SSSR count). The molecule has 0 bridgehead atoms. The average molecular weight is 488 g/mol. The average Bonchev–Trinajstić information content (AvgIpc) is 3.39. The molecule has 10 nitrogen and oxygen atoms in total. The third kappa shape index (κ3) is 4.74. The van der Waals surface area contributed by atoms with Crippen molar-refractivity contribution in [2.45, 2.75) is 19.8 Å². The molecule has 2 aliphatic rings. The molecule has 1 amide bonds. The minimum Gasteiger partial charge on any atom is -0.466 e. The van der Waals surface area contributed by atoms with Gasteiger partial charge in [-0.1, -0.05) is 30.3 Å². The van der Waals surface area contributed by atoms with Gasteiger partial charge in [-0.15, -0.1) is 0 Å². The number of hydrogen-bond donors (Lipinski definition) is 2. The van der Waals surface area contributed by atoms with Gasteiger partial charge in [-0.3, -0.25) is 19.7 Å². The normalized spacial score (nSPS) is 21.8. The summed E-state index contributed by atoms with van der Waals surface area (Å²) < 4.78 is 5.10. The zero-order valence-corrected chi connectivity index (χ0v) is 19.6. The van der Waals surface area contributed by atoms with E-state index in [1.54, 1.807) is 25.1 Å². The largest absolute Gasteiger partial charge is 0.466 e. The van der Waals surface area contributed by atoms with Gasteiger partial charge in [0.1, 0.15) is 5.82 Å². The Labute approximate surface area is 207 Å². The van der Waals surface area contributed by atoms with Crippen molar-refractivity contribution in [1.82, 2.24) is 9.97 Å². The van der Waals surface area contributed by atoms with Gasteiger partial charge >= 0.3 is 11.7 Å². The molecule has 184 valence electrons. The molecule has 0 radical (unpaired) electrons. The Morgan fingerprint density at radius 2 is 1.83 bits per heavy atom. The second-order valence-electron chi connectivity index (χ2n) is 9.01. The quantitative estimate of drug-likeness (QED) is 0.268. The number of pyridine rings is 2. The van der Waals surface area contributed by atoms with E-state index in [0.717, 1.165) is 5.56 Å². The molecule has 0 aliphatic heterocycles. The van der Waals surface area contributed by atoms with Crippen molar-refractivity contribution in [2.75, 3.05) is 17.2 Å². The van der Waals surface area contributed by atoms with E-state index in [1.807, 2.05) is 30.3 Å². The Bertz CT molecular complexity index is 1290. The van der Waals surface area contributed by atoms with E-state index in [1.165, 1.54) is 12.3 Å². The van der Waals surface area contributed by atoms with E-state index < -0.39 is 4.92 Å². The minimum atomic E-state index is -0.495. The van der Waals surface area contributed by atoms with Crippen LogP contribution >= 0.6 is 0 Å². The molecule has 2 unspecified atom stereocenters. The maximum absolute atomic E-state index is 12.7. The summed E-state index contributed by atoms with van der Waals surface area (Å²) in [4.78, 5) is 44.3. The molecule has 3 aromatic rings. The fraction of sp³-hybridized carbons (Fsp3) is 0.308. The van der Waals surface area contributed by atoms with Gasteiger partial charge < -0.3 is 15.4 Å². The zero-order chi connectivity index (χ0) is 25.2. The fourth-order valence-corrected chi connectivity index (χ4v) is 5.01. The van der Waals surface area contributed by atoms with Gasteiger partial charge in [-0.25, -0.2) is 9.97 Å². The molecule has 10 heteroatoms. The summed E-state index contributed by atoms with van der Waals surface area (Å²) in [6.45, 7) is 2.16. The molecule has 0 saturated heterocycles. The summed E-state index contributed by atoms with van der Waals surface area (Å²) in [6, 6.07) is 15.7. The van der Waals surface area contributed by atoms with Crippen LogP contribution in [0.4, 0.5) is 23.0 Å². The standard InChI is InChI=1S/C26H25N5O5/c1-2-36-26(33)23-18-12-16(13-19(18)23)25(32)30-22-11-8-17(14-27-22)28-24-21(31(34)35)10-9-20(29-24)15-6-4-3-5-7-15/h3-11,14,16,18-19,23H,2,12-13H2,1H3,(H,28,29)(H,27,30,32). The number of nitro groups is 1. The van der Waals surface area contributed by atoms with Crippen LogP contribution in [0.3, 0.4) is 0 Å². The van der Waals surface area contributed by atoms with Crippen LogP contribution in [0.5, 0.6) is 0 Å².